The zero-order chi connectivity index (χ0) is 12.7. The minimum absolute atomic E-state index is 0.393. The third kappa shape index (κ3) is 3.90. The molecule has 0 saturated heterocycles. The van der Waals surface area contributed by atoms with Crippen LogP contribution in [0.15, 0.2) is 54.6 Å². The Bertz CT molecular complexity index is 434. The van der Waals surface area contributed by atoms with Gasteiger partial charge in [0, 0.05) is 10.9 Å². The molecule has 17 heavy (non-hydrogen) atoms. The highest BCUT2D eigenvalue weighted by atomic mass is 35.5. The van der Waals surface area contributed by atoms with Gasteiger partial charge in [-0.3, -0.25) is 0 Å². The lowest BCUT2D eigenvalue weighted by Gasteiger charge is -2.12. The van der Waals surface area contributed by atoms with Gasteiger partial charge in [-0.05, 0) is 23.3 Å². The molecule has 1 atom stereocenters. The molecule has 0 aliphatic rings. The minimum atomic E-state index is 0.393. The summed E-state index contributed by atoms with van der Waals surface area (Å²) in [5.41, 5.74) is 2.58. The smallest absolute Gasteiger partial charge is 0.0408 e. The first-order chi connectivity index (χ1) is 8.27. The van der Waals surface area contributed by atoms with Crippen LogP contribution in [0.3, 0.4) is 0 Å². The van der Waals surface area contributed by atoms with E-state index in [2.05, 4.69) is 37.3 Å². The number of rotatable bonds is 2. The Labute approximate surface area is 109 Å². The molecule has 0 fully saturated rings. The summed E-state index contributed by atoms with van der Waals surface area (Å²) < 4.78 is 0. The Balaban J connectivity index is 0.000000686. The van der Waals surface area contributed by atoms with Crippen molar-refractivity contribution in [2.24, 2.45) is 0 Å². The van der Waals surface area contributed by atoms with E-state index in [0.29, 0.717) is 5.92 Å². The molecule has 0 saturated carbocycles. The molecule has 1 unspecified atom stereocenters. The molecule has 0 N–H and O–H groups in total. The summed E-state index contributed by atoms with van der Waals surface area (Å²) >= 11 is 5.98. The first-order valence-corrected chi connectivity index (χ1v) is 6.45. The van der Waals surface area contributed by atoms with Gasteiger partial charge in [0.15, 0.2) is 0 Å². The van der Waals surface area contributed by atoms with E-state index in [-0.39, 0.29) is 0 Å². The first-order valence-electron chi connectivity index (χ1n) is 6.08. The molecular formula is C16H19Cl. The Morgan fingerprint density at radius 1 is 0.824 bits per heavy atom. The SMILES string of the molecule is CC.CC(c1ccccc1)c1cccc(Cl)c1. The number of hydrogen-bond donors (Lipinski definition) is 0. The van der Waals surface area contributed by atoms with Gasteiger partial charge in [-0.1, -0.05) is 74.8 Å². The van der Waals surface area contributed by atoms with Crippen molar-refractivity contribution >= 4 is 11.6 Å². The van der Waals surface area contributed by atoms with Gasteiger partial charge in [-0.15, -0.1) is 0 Å². The third-order valence-corrected chi connectivity index (χ3v) is 2.88. The minimum Gasteiger partial charge on any atom is -0.0843 e. The predicted molar refractivity (Wildman–Crippen MR) is 76.8 cm³/mol. The monoisotopic (exact) mass is 246 g/mol. The fraction of sp³-hybridized carbons (Fsp3) is 0.250. The molecule has 2 aromatic rings. The highest BCUT2D eigenvalue weighted by molar-refractivity contribution is 6.30. The van der Waals surface area contributed by atoms with E-state index in [1.54, 1.807) is 0 Å². The summed E-state index contributed by atoms with van der Waals surface area (Å²) in [5, 5.41) is 0.801. The van der Waals surface area contributed by atoms with Crippen LogP contribution in [0.1, 0.15) is 37.8 Å². The lowest BCUT2D eigenvalue weighted by molar-refractivity contribution is 0.922. The summed E-state index contributed by atoms with van der Waals surface area (Å²) in [6, 6.07) is 18.5. The van der Waals surface area contributed by atoms with Gasteiger partial charge in [-0.25, -0.2) is 0 Å². The van der Waals surface area contributed by atoms with Gasteiger partial charge < -0.3 is 0 Å². The van der Waals surface area contributed by atoms with Crippen LogP contribution in [-0.4, -0.2) is 0 Å². The third-order valence-electron chi connectivity index (χ3n) is 2.65. The second-order valence-corrected chi connectivity index (χ2v) is 4.12. The van der Waals surface area contributed by atoms with E-state index in [4.69, 9.17) is 11.6 Å². The van der Waals surface area contributed by atoms with Crippen LogP contribution in [-0.2, 0) is 0 Å². The lowest BCUT2D eigenvalue weighted by Crippen LogP contribution is -1.94. The van der Waals surface area contributed by atoms with Crippen molar-refractivity contribution in [1.29, 1.82) is 0 Å². The van der Waals surface area contributed by atoms with Gasteiger partial charge >= 0.3 is 0 Å². The molecule has 0 spiro atoms. The van der Waals surface area contributed by atoms with Crippen molar-refractivity contribution in [2.75, 3.05) is 0 Å². The molecule has 0 bridgehead atoms. The topological polar surface area (TPSA) is 0 Å². The number of halogens is 1. The molecule has 0 heterocycles. The molecule has 0 aliphatic carbocycles. The fourth-order valence-electron chi connectivity index (χ4n) is 1.71. The van der Waals surface area contributed by atoms with Crippen molar-refractivity contribution in [3.63, 3.8) is 0 Å². The van der Waals surface area contributed by atoms with Crippen molar-refractivity contribution in [3.8, 4) is 0 Å². The van der Waals surface area contributed by atoms with E-state index < -0.39 is 0 Å². The van der Waals surface area contributed by atoms with Crippen molar-refractivity contribution < 1.29 is 0 Å². The molecule has 1 heteroatoms. The average Bonchev–Trinajstić information content (AvgIpc) is 2.41. The first kappa shape index (κ1) is 13.8. The molecule has 90 valence electrons. The summed E-state index contributed by atoms with van der Waals surface area (Å²) in [4.78, 5) is 0. The Morgan fingerprint density at radius 3 is 2.00 bits per heavy atom. The summed E-state index contributed by atoms with van der Waals surface area (Å²) in [7, 11) is 0. The Hall–Kier alpha value is -1.27. The van der Waals surface area contributed by atoms with E-state index in [0.717, 1.165) is 5.02 Å². The van der Waals surface area contributed by atoms with E-state index in [1.165, 1.54) is 11.1 Å². The summed E-state index contributed by atoms with van der Waals surface area (Å²) in [5.74, 6) is 0.393. The van der Waals surface area contributed by atoms with E-state index in [1.807, 2.05) is 38.1 Å². The number of benzene rings is 2. The quantitative estimate of drug-likeness (QED) is 0.655. The van der Waals surface area contributed by atoms with Gasteiger partial charge in [0.1, 0.15) is 0 Å². The van der Waals surface area contributed by atoms with Crippen LogP contribution < -0.4 is 0 Å². The second kappa shape index (κ2) is 7.13. The van der Waals surface area contributed by atoms with Crippen LogP contribution in [0.2, 0.25) is 5.02 Å². The van der Waals surface area contributed by atoms with Crippen molar-refractivity contribution in [1.82, 2.24) is 0 Å². The molecular weight excluding hydrogens is 228 g/mol. The van der Waals surface area contributed by atoms with E-state index in [9.17, 15) is 0 Å². The maximum absolute atomic E-state index is 5.98. The summed E-state index contributed by atoms with van der Waals surface area (Å²) in [6.45, 7) is 6.20. The second-order valence-electron chi connectivity index (χ2n) is 3.69. The van der Waals surface area contributed by atoms with Crippen molar-refractivity contribution in [2.45, 2.75) is 26.7 Å². The standard InChI is InChI=1S/C14H13Cl.C2H6/c1-11(12-6-3-2-4-7-12)13-8-5-9-14(15)10-13;1-2/h2-11H,1H3;1-2H3. The van der Waals surface area contributed by atoms with Crippen LogP contribution in [0.5, 0.6) is 0 Å². The predicted octanol–water partition coefficient (Wildman–Crippen LogP) is 5.52. The molecule has 2 rings (SSSR count). The van der Waals surface area contributed by atoms with Crippen molar-refractivity contribution in [3.05, 3.63) is 70.7 Å². The highest BCUT2D eigenvalue weighted by Gasteiger charge is 2.07. The Kier molecular flexibility index (Phi) is 5.79. The van der Waals surface area contributed by atoms with E-state index >= 15 is 0 Å². The van der Waals surface area contributed by atoms with Crippen LogP contribution in [0, 0.1) is 0 Å². The maximum Gasteiger partial charge on any atom is 0.0408 e. The largest absolute Gasteiger partial charge is 0.0843 e. The molecule has 0 nitrogen and oxygen atoms in total. The normalized spacial score (nSPS) is 11.3. The molecule has 2 aromatic carbocycles. The highest BCUT2D eigenvalue weighted by Crippen LogP contribution is 2.25. The van der Waals surface area contributed by atoms with Gasteiger partial charge in [-0.2, -0.15) is 0 Å². The van der Waals surface area contributed by atoms with Gasteiger partial charge in [0.05, 0.1) is 0 Å². The van der Waals surface area contributed by atoms with Crippen LogP contribution >= 0.6 is 11.6 Å². The molecule has 0 amide bonds. The van der Waals surface area contributed by atoms with Crippen LogP contribution in [0.25, 0.3) is 0 Å². The zero-order valence-electron chi connectivity index (χ0n) is 10.7. The van der Waals surface area contributed by atoms with Gasteiger partial charge in [0.25, 0.3) is 0 Å². The molecule has 0 radical (unpaired) electrons. The average molecular weight is 247 g/mol. The van der Waals surface area contributed by atoms with Crippen LogP contribution in [0.4, 0.5) is 0 Å². The molecule has 0 aromatic heterocycles. The fourth-order valence-corrected chi connectivity index (χ4v) is 1.91. The Morgan fingerprint density at radius 2 is 1.41 bits per heavy atom. The number of hydrogen-bond acceptors (Lipinski definition) is 0. The lowest BCUT2D eigenvalue weighted by atomic mass is 9.93. The zero-order valence-corrected chi connectivity index (χ0v) is 11.4. The summed E-state index contributed by atoms with van der Waals surface area (Å²) in [6.07, 6.45) is 0. The molecule has 0 aliphatic heterocycles. The maximum atomic E-state index is 5.98. The van der Waals surface area contributed by atoms with Gasteiger partial charge in [0.2, 0.25) is 0 Å².